The summed E-state index contributed by atoms with van der Waals surface area (Å²) < 4.78 is 47.3. The number of alkyl halides is 1. The van der Waals surface area contributed by atoms with E-state index in [2.05, 4.69) is 30.9 Å². The van der Waals surface area contributed by atoms with E-state index in [1.807, 2.05) is 42.5 Å². The second kappa shape index (κ2) is 22.0. The van der Waals surface area contributed by atoms with Crippen molar-refractivity contribution in [1.29, 1.82) is 0 Å². The minimum absolute atomic E-state index is 0.00406. The molecule has 4 aromatic carbocycles. The smallest absolute Gasteiger partial charge is 0.410 e. The molecule has 65 heavy (non-hydrogen) atoms. The predicted octanol–water partition coefficient (Wildman–Crippen LogP) is 10.8. The highest BCUT2D eigenvalue weighted by molar-refractivity contribution is 6.18. The van der Waals surface area contributed by atoms with Gasteiger partial charge in [-0.05, 0) is 115 Å². The maximum Gasteiger partial charge on any atom is 0.410 e. The third-order valence-corrected chi connectivity index (χ3v) is 13.4. The number of aliphatic hydroxyl groups excluding tert-OH is 2. The molecule has 2 aliphatic carbocycles. The van der Waals surface area contributed by atoms with E-state index in [1.165, 1.54) is 12.1 Å². The number of unbranched alkanes of at least 4 members (excludes halogenated alkanes) is 2. The Labute approximate surface area is 385 Å². The van der Waals surface area contributed by atoms with Crippen LogP contribution in [0.4, 0.5) is 9.18 Å². The molecule has 2 heterocycles. The molecule has 4 aromatic rings. The molecule has 2 aliphatic heterocycles. The number of hydrogen-bond acceptors (Lipinski definition) is 10. The summed E-state index contributed by atoms with van der Waals surface area (Å²) >= 11 is 6.10. The third kappa shape index (κ3) is 10.5. The van der Waals surface area contributed by atoms with E-state index >= 15 is 0 Å². The van der Waals surface area contributed by atoms with Gasteiger partial charge in [-0.3, -0.25) is 4.90 Å². The Morgan fingerprint density at radius 1 is 0.954 bits per heavy atom. The van der Waals surface area contributed by atoms with Crippen molar-refractivity contribution in [2.45, 2.75) is 94.8 Å². The Morgan fingerprint density at radius 3 is 2.48 bits per heavy atom. The minimum Gasteiger partial charge on any atom is -0.459 e. The lowest BCUT2D eigenvalue weighted by molar-refractivity contribution is -0.256. The second-order valence-corrected chi connectivity index (χ2v) is 17.7. The van der Waals surface area contributed by atoms with Crippen LogP contribution in [0.1, 0.15) is 81.3 Å². The number of rotatable bonds is 20. The average Bonchev–Trinajstić information content (AvgIpc) is 3.33. The molecule has 0 aromatic heterocycles. The van der Waals surface area contributed by atoms with Crippen LogP contribution in [-0.4, -0.2) is 84.0 Å². The van der Waals surface area contributed by atoms with Crippen molar-refractivity contribution < 1.29 is 47.9 Å². The predicted molar refractivity (Wildman–Crippen MR) is 248 cm³/mol. The summed E-state index contributed by atoms with van der Waals surface area (Å²) in [4.78, 5) is 22.4. The zero-order valence-electron chi connectivity index (χ0n) is 36.8. The number of aliphatic hydroxyl groups is 2. The van der Waals surface area contributed by atoms with Gasteiger partial charge in [-0.2, -0.15) is 0 Å². The number of halogens is 2. The number of benzene rings is 4. The van der Waals surface area contributed by atoms with Gasteiger partial charge < -0.3 is 38.7 Å². The quantitative estimate of drug-likeness (QED) is 0.0385. The van der Waals surface area contributed by atoms with Crippen molar-refractivity contribution in [2.24, 2.45) is 22.9 Å². The monoisotopic (exact) mass is 910 g/mol. The molecule has 1 amide bonds. The molecule has 346 valence electrons. The molecule has 0 bridgehead atoms. The van der Waals surface area contributed by atoms with Gasteiger partial charge in [0, 0.05) is 44.1 Å². The fraction of sp³-hybridized carbons (Fsp3) is 0.462. The lowest BCUT2D eigenvalue weighted by atomic mass is 9.55. The zero-order chi connectivity index (χ0) is 45.2. The van der Waals surface area contributed by atoms with Crippen LogP contribution < -0.4 is 9.47 Å². The van der Waals surface area contributed by atoms with Gasteiger partial charge in [0.1, 0.15) is 35.7 Å². The molecule has 4 aliphatic rings. The maximum atomic E-state index is 14.6. The molecule has 7 atom stereocenters. The Hall–Kier alpha value is -4.98. The molecule has 13 heteroatoms. The van der Waals surface area contributed by atoms with Crippen LogP contribution in [0, 0.1) is 23.6 Å². The standard InChI is InChI=1S/C52H60ClFN2O9/c1-2-27-62-52-47(56(51(59)61-29-24-53)34-35-16-19-39(54)20-17-35)33-45(55-65-48-15-7-10-28-60-48)43-31-38(13-5-8-25-57)42(14-6-9-26-58)49(50(43)52)44-32-41(22-23-46(44)64-52)63-40-21-18-36-11-3-4-12-37(36)30-40/h2-4,11-12,16-23,30-32,38,42,47-50,57-58H,1,5-10,13-15,24-29,33-34H2/t38-,42+,47-,48?,49+,50+,52+/m0/s1. The summed E-state index contributed by atoms with van der Waals surface area (Å²) in [6.45, 7) is 4.82. The van der Waals surface area contributed by atoms with Gasteiger partial charge in [0.25, 0.3) is 0 Å². The highest BCUT2D eigenvalue weighted by Gasteiger charge is 2.65. The number of amides is 1. The first-order chi connectivity index (χ1) is 31.8. The van der Waals surface area contributed by atoms with Crippen LogP contribution in [-0.2, 0) is 25.6 Å². The maximum absolute atomic E-state index is 14.6. The van der Waals surface area contributed by atoms with E-state index < -0.39 is 35.9 Å². The lowest BCUT2D eigenvalue weighted by Crippen LogP contribution is -2.70. The van der Waals surface area contributed by atoms with Crippen LogP contribution in [0.2, 0.25) is 0 Å². The van der Waals surface area contributed by atoms with Crippen LogP contribution in [0.25, 0.3) is 10.8 Å². The van der Waals surface area contributed by atoms with E-state index in [0.29, 0.717) is 54.4 Å². The van der Waals surface area contributed by atoms with E-state index in [-0.39, 0.29) is 63.0 Å². The van der Waals surface area contributed by atoms with Gasteiger partial charge in [0.2, 0.25) is 12.1 Å². The molecule has 1 unspecified atom stereocenters. The highest BCUT2D eigenvalue weighted by atomic mass is 35.5. The molecule has 0 radical (unpaired) electrons. The average molecular weight is 912 g/mol. The first-order valence-electron chi connectivity index (χ1n) is 23.1. The number of nitrogens with zero attached hydrogens (tertiary/aromatic N) is 2. The van der Waals surface area contributed by atoms with Gasteiger partial charge in [-0.25, -0.2) is 9.18 Å². The molecule has 2 N–H and O–H groups in total. The van der Waals surface area contributed by atoms with Crippen LogP contribution in [0.5, 0.6) is 17.2 Å². The minimum atomic E-state index is -1.54. The van der Waals surface area contributed by atoms with Crippen molar-refractivity contribution in [2.75, 3.05) is 38.9 Å². The van der Waals surface area contributed by atoms with E-state index in [4.69, 9.17) is 45.3 Å². The number of fused-ring (bicyclic) bond motifs is 3. The number of oxime groups is 1. The molecule has 1 saturated carbocycles. The summed E-state index contributed by atoms with van der Waals surface area (Å²) in [7, 11) is 0. The lowest BCUT2D eigenvalue weighted by Gasteiger charge is -2.59. The summed E-state index contributed by atoms with van der Waals surface area (Å²) in [5.74, 6) is -0.781. The van der Waals surface area contributed by atoms with Crippen LogP contribution in [0.3, 0.4) is 0 Å². The second-order valence-electron chi connectivity index (χ2n) is 17.3. The molecule has 2 fully saturated rings. The molecule has 8 rings (SSSR count). The van der Waals surface area contributed by atoms with Crippen molar-refractivity contribution >= 4 is 34.2 Å². The van der Waals surface area contributed by atoms with Gasteiger partial charge in [-0.1, -0.05) is 72.6 Å². The molecule has 0 spiro atoms. The fourth-order valence-corrected chi connectivity index (χ4v) is 10.4. The number of allylic oxidation sites excluding steroid dienone is 1. The summed E-state index contributed by atoms with van der Waals surface area (Å²) in [6, 6.07) is 25.2. The van der Waals surface area contributed by atoms with Gasteiger partial charge in [0.15, 0.2) is 0 Å². The Bertz CT molecular complexity index is 2300. The summed E-state index contributed by atoms with van der Waals surface area (Å²) in [5, 5.41) is 27.1. The van der Waals surface area contributed by atoms with E-state index in [1.54, 1.807) is 23.1 Å². The number of carbonyl (C=O) groups excluding carboxylic acids is 1. The molecular formula is C52H60ClFN2O9. The fourth-order valence-electron chi connectivity index (χ4n) is 10.3. The van der Waals surface area contributed by atoms with Crippen molar-refractivity contribution in [1.82, 2.24) is 4.90 Å². The van der Waals surface area contributed by atoms with Gasteiger partial charge in [-0.15, -0.1) is 18.2 Å². The van der Waals surface area contributed by atoms with Crippen LogP contribution >= 0.6 is 11.6 Å². The first kappa shape index (κ1) is 46.5. The molecule has 11 nitrogen and oxygen atoms in total. The first-order valence-corrected chi connectivity index (χ1v) is 23.7. The van der Waals surface area contributed by atoms with E-state index in [0.717, 1.165) is 60.4 Å². The van der Waals surface area contributed by atoms with Crippen molar-refractivity contribution in [3.8, 4) is 17.2 Å². The topological polar surface area (TPSA) is 129 Å². The third-order valence-electron chi connectivity index (χ3n) is 13.2. The number of carbonyl (C=O) groups is 1. The highest BCUT2D eigenvalue weighted by Crippen LogP contribution is 2.62. The summed E-state index contributed by atoms with van der Waals surface area (Å²) in [6.07, 6.45) is 9.92. The largest absolute Gasteiger partial charge is 0.459 e. The van der Waals surface area contributed by atoms with Crippen molar-refractivity contribution in [3.05, 3.63) is 126 Å². The van der Waals surface area contributed by atoms with Gasteiger partial charge >= 0.3 is 6.09 Å². The zero-order valence-corrected chi connectivity index (χ0v) is 37.6. The molecular weight excluding hydrogens is 851 g/mol. The Balaban J connectivity index is 1.33. The Morgan fingerprint density at radius 2 is 1.72 bits per heavy atom. The van der Waals surface area contributed by atoms with Crippen LogP contribution in [0.15, 0.2) is 114 Å². The Kier molecular flexibility index (Phi) is 15.8. The normalized spacial score (nSPS) is 25.2. The van der Waals surface area contributed by atoms with Gasteiger partial charge in [0.05, 0.1) is 30.7 Å². The summed E-state index contributed by atoms with van der Waals surface area (Å²) in [5.41, 5.74) is 3.10. The SMILES string of the molecule is C=CCO[C@@]12Oc3ccc(Oc4ccc5ccccc5c4)cc3[C@H]3[C@H](CCCCO)[C@@H](CCCCO)C=C(C(=NOC4CCCCO4)C[C@@H]1N(Cc1ccc(F)cc1)C(=O)OCCCl)[C@H]32. The number of hydrogen-bond donors (Lipinski definition) is 2. The van der Waals surface area contributed by atoms with E-state index in [9.17, 15) is 19.4 Å². The number of ether oxygens (including phenoxy) is 5. The molecule has 1 saturated heterocycles. The van der Waals surface area contributed by atoms with Crippen molar-refractivity contribution in [3.63, 3.8) is 0 Å².